The maximum atomic E-state index is 12.7. The molecule has 0 aliphatic carbocycles. The summed E-state index contributed by atoms with van der Waals surface area (Å²) in [5.74, 6) is 0. The highest BCUT2D eigenvalue weighted by atomic mass is 16.7. The molecule has 28 heavy (non-hydrogen) atoms. The molecule has 6 heteroatoms. The monoisotopic (exact) mass is 379 g/mol. The molecule has 1 saturated heterocycles. The van der Waals surface area contributed by atoms with Crippen LogP contribution in [0, 0.1) is 0 Å². The lowest BCUT2D eigenvalue weighted by Crippen LogP contribution is -2.41. The summed E-state index contributed by atoms with van der Waals surface area (Å²) in [6, 6.07) is 15.8. The lowest BCUT2D eigenvalue weighted by atomic mass is 9.78. The molecule has 0 spiro atoms. The van der Waals surface area contributed by atoms with Crippen LogP contribution >= 0.6 is 0 Å². The number of hydrogen-bond acceptors (Lipinski definition) is 4. The summed E-state index contributed by atoms with van der Waals surface area (Å²) in [6.45, 7) is 9.03. The molecule has 0 bridgehead atoms. The van der Waals surface area contributed by atoms with Crippen LogP contribution in [0.2, 0.25) is 0 Å². The van der Waals surface area contributed by atoms with Crippen LogP contribution in [0.25, 0.3) is 0 Å². The maximum absolute atomic E-state index is 12.7. The minimum absolute atomic E-state index is 0.266. The Bertz CT molecular complexity index is 865. The molecule has 4 rings (SSSR count). The van der Waals surface area contributed by atoms with Crippen molar-refractivity contribution in [2.45, 2.75) is 51.9 Å². The number of anilines is 1. The number of amides is 1. The number of carbonyl (C=O) groups is 1. The van der Waals surface area contributed by atoms with Gasteiger partial charge in [-0.3, -0.25) is 4.90 Å². The number of benzene rings is 2. The van der Waals surface area contributed by atoms with Gasteiger partial charge in [-0.15, -0.1) is 0 Å². The van der Waals surface area contributed by atoms with Crippen molar-refractivity contribution in [3.63, 3.8) is 0 Å². The second kappa shape index (κ2) is 6.94. The molecular formula is C22H26BNO4. The predicted octanol–water partition coefficient (Wildman–Crippen LogP) is 3.69. The van der Waals surface area contributed by atoms with Crippen LogP contribution in [0.1, 0.15) is 38.8 Å². The van der Waals surface area contributed by atoms with E-state index in [9.17, 15) is 4.79 Å². The number of hydrogen-bond donors (Lipinski definition) is 0. The average Bonchev–Trinajstić information content (AvgIpc) is 3.18. The molecule has 0 radical (unpaired) electrons. The van der Waals surface area contributed by atoms with Crippen LogP contribution in [0.15, 0.2) is 48.5 Å². The van der Waals surface area contributed by atoms with Crippen LogP contribution in [0.5, 0.6) is 0 Å². The molecule has 2 aromatic carbocycles. The molecule has 2 aromatic rings. The zero-order valence-corrected chi connectivity index (χ0v) is 16.9. The van der Waals surface area contributed by atoms with Gasteiger partial charge in [-0.25, -0.2) is 4.79 Å². The van der Waals surface area contributed by atoms with E-state index in [0.717, 1.165) is 28.7 Å². The molecule has 0 N–H and O–H groups in total. The molecule has 2 aliphatic heterocycles. The van der Waals surface area contributed by atoms with E-state index in [0.29, 0.717) is 6.54 Å². The van der Waals surface area contributed by atoms with Gasteiger partial charge in [-0.05, 0) is 56.8 Å². The van der Waals surface area contributed by atoms with Crippen molar-refractivity contribution < 1.29 is 18.8 Å². The molecule has 0 unspecified atom stereocenters. The van der Waals surface area contributed by atoms with Crippen LogP contribution in [-0.2, 0) is 27.1 Å². The Morgan fingerprint density at radius 2 is 1.75 bits per heavy atom. The fraction of sp³-hybridized carbons (Fsp3) is 0.409. The third-order valence-electron chi connectivity index (χ3n) is 5.96. The fourth-order valence-electron chi connectivity index (χ4n) is 3.51. The normalized spacial score (nSPS) is 19.6. The van der Waals surface area contributed by atoms with E-state index in [1.54, 1.807) is 4.90 Å². The van der Waals surface area contributed by atoms with Crippen LogP contribution in [0.4, 0.5) is 10.5 Å². The van der Waals surface area contributed by atoms with Gasteiger partial charge in [0.15, 0.2) is 0 Å². The second-order valence-electron chi connectivity index (χ2n) is 8.42. The summed E-state index contributed by atoms with van der Waals surface area (Å²) in [4.78, 5) is 14.4. The van der Waals surface area contributed by atoms with Crippen LogP contribution in [0.3, 0.4) is 0 Å². The van der Waals surface area contributed by atoms with Gasteiger partial charge in [0.25, 0.3) is 0 Å². The Morgan fingerprint density at radius 3 is 2.43 bits per heavy atom. The van der Waals surface area contributed by atoms with Gasteiger partial charge in [0, 0.05) is 12.2 Å². The predicted molar refractivity (Wildman–Crippen MR) is 110 cm³/mol. The molecule has 1 amide bonds. The van der Waals surface area contributed by atoms with Crippen molar-refractivity contribution >= 4 is 24.4 Å². The van der Waals surface area contributed by atoms with E-state index in [4.69, 9.17) is 14.0 Å². The quantitative estimate of drug-likeness (QED) is 0.764. The third-order valence-corrected chi connectivity index (χ3v) is 5.96. The van der Waals surface area contributed by atoms with Gasteiger partial charge in [0.2, 0.25) is 0 Å². The highest BCUT2D eigenvalue weighted by molar-refractivity contribution is 6.62. The van der Waals surface area contributed by atoms with Crippen molar-refractivity contribution in [2.24, 2.45) is 0 Å². The number of carbonyl (C=O) groups excluding carboxylic acids is 1. The van der Waals surface area contributed by atoms with Gasteiger partial charge in [-0.2, -0.15) is 0 Å². The smallest absolute Gasteiger partial charge is 0.444 e. The van der Waals surface area contributed by atoms with Gasteiger partial charge >= 0.3 is 13.2 Å². The fourth-order valence-corrected chi connectivity index (χ4v) is 3.51. The van der Waals surface area contributed by atoms with E-state index in [2.05, 4.69) is 6.07 Å². The van der Waals surface area contributed by atoms with E-state index >= 15 is 0 Å². The van der Waals surface area contributed by atoms with Gasteiger partial charge < -0.3 is 14.0 Å². The highest BCUT2D eigenvalue weighted by Gasteiger charge is 2.51. The Balaban J connectivity index is 1.50. The topological polar surface area (TPSA) is 48.0 Å². The Kier molecular flexibility index (Phi) is 4.72. The molecule has 2 aliphatic rings. The maximum Gasteiger partial charge on any atom is 0.494 e. The lowest BCUT2D eigenvalue weighted by Gasteiger charge is -2.32. The Labute approximate surface area is 166 Å². The first-order chi connectivity index (χ1) is 13.3. The highest BCUT2D eigenvalue weighted by Crippen LogP contribution is 2.37. The molecule has 1 fully saturated rings. The minimum atomic E-state index is -0.446. The standard InChI is InChI=1S/C22H26BNO4/c1-21(2)22(3,4)28-23(27-21)18-11-10-17-12-13-24(19(17)14-18)20(25)26-15-16-8-6-5-7-9-16/h5-11,14H,12-13,15H2,1-4H3. The van der Waals surface area contributed by atoms with Gasteiger partial charge in [-0.1, -0.05) is 42.5 Å². The zero-order valence-electron chi connectivity index (χ0n) is 16.9. The summed E-state index contributed by atoms with van der Waals surface area (Å²) in [5, 5.41) is 0. The van der Waals surface area contributed by atoms with Crippen molar-refractivity contribution in [3.05, 3.63) is 59.7 Å². The summed E-state index contributed by atoms with van der Waals surface area (Å²) in [7, 11) is -0.446. The summed E-state index contributed by atoms with van der Waals surface area (Å²) < 4.78 is 17.8. The number of ether oxygens (including phenoxy) is 1. The first kappa shape index (κ1) is 19.0. The lowest BCUT2D eigenvalue weighted by molar-refractivity contribution is 0.00578. The zero-order chi connectivity index (χ0) is 19.9. The SMILES string of the molecule is CC1(C)OB(c2ccc3c(c2)N(C(=O)OCc2ccccc2)CC3)OC1(C)C. The second-order valence-corrected chi connectivity index (χ2v) is 8.42. The third kappa shape index (κ3) is 3.42. The van der Waals surface area contributed by atoms with Crippen molar-refractivity contribution in [1.29, 1.82) is 0 Å². The van der Waals surface area contributed by atoms with Crippen molar-refractivity contribution in [3.8, 4) is 0 Å². The largest absolute Gasteiger partial charge is 0.494 e. The molecular weight excluding hydrogens is 353 g/mol. The first-order valence-electron chi connectivity index (χ1n) is 9.73. The van der Waals surface area contributed by atoms with E-state index in [-0.39, 0.29) is 12.7 Å². The Morgan fingerprint density at radius 1 is 1.07 bits per heavy atom. The first-order valence-corrected chi connectivity index (χ1v) is 9.73. The van der Waals surface area contributed by atoms with E-state index in [1.165, 1.54) is 0 Å². The number of nitrogens with zero attached hydrogens (tertiary/aromatic N) is 1. The minimum Gasteiger partial charge on any atom is -0.444 e. The molecule has 146 valence electrons. The van der Waals surface area contributed by atoms with Crippen molar-refractivity contribution in [1.82, 2.24) is 0 Å². The number of fused-ring (bicyclic) bond motifs is 1. The van der Waals surface area contributed by atoms with E-state index in [1.807, 2.05) is 70.2 Å². The molecule has 0 atom stereocenters. The summed E-state index contributed by atoms with van der Waals surface area (Å²) >= 11 is 0. The van der Waals surface area contributed by atoms with E-state index < -0.39 is 18.3 Å². The van der Waals surface area contributed by atoms with Gasteiger partial charge in [0.05, 0.1) is 11.2 Å². The average molecular weight is 379 g/mol. The van der Waals surface area contributed by atoms with Crippen LogP contribution in [-0.4, -0.2) is 31.0 Å². The molecule has 0 aromatic heterocycles. The van der Waals surface area contributed by atoms with Crippen LogP contribution < -0.4 is 10.4 Å². The summed E-state index contributed by atoms with van der Waals surface area (Å²) in [6.07, 6.45) is 0.494. The van der Waals surface area contributed by atoms with Gasteiger partial charge in [0.1, 0.15) is 6.61 Å². The molecule has 2 heterocycles. The molecule has 5 nitrogen and oxygen atoms in total. The van der Waals surface area contributed by atoms with Crippen molar-refractivity contribution in [2.75, 3.05) is 11.4 Å². The number of rotatable bonds is 3. The summed E-state index contributed by atoms with van der Waals surface area (Å²) in [5.41, 5.74) is 3.11. The molecule has 0 saturated carbocycles. The Hall–Kier alpha value is -2.31.